The predicted octanol–water partition coefficient (Wildman–Crippen LogP) is 2.55. The number of thiocarbonyl (C=S) groups is 1. The number of nitrogens with one attached hydrogen (secondary N) is 1. The molecule has 1 heterocycles. The molecule has 5 heteroatoms. The molecule has 0 saturated heterocycles. The number of carbonyl (C=O) groups excluding carboxylic acids is 1. The minimum atomic E-state index is -0.556. The van der Waals surface area contributed by atoms with Crippen molar-refractivity contribution in [2.75, 3.05) is 0 Å². The molecule has 4 nitrogen and oxygen atoms in total. The first-order valence-corrected chi connectivity index (χ1v) is 7.03. The fourth-order valence-electron chi connectivity index (χ4n) is 2.52. The molecule has 3 N–H and O–H groups in total. The number of aryl methyl sites for hydroxylation is 1. The van der Waals surface area contributed by atoms with Gasteiger partial charge in [-0.2, -0.15) is 0 Å². The van der Waals surface area contributed by atoms with E-state index in [2.05, 4.69) is 12.2 Å². The lowest BCUT2D eigenvalue weighted by Gasteiger charge is -2.39. The fourth-order valence-corrected chi connectivity index (χ4v) is 2.78. The maximum Gasteiger partial charge on any atom is 0.287 e. The first kappa shape index (κ1) is 14.1. The standard InChI is InChI=1S/C14H20N2O2S/c1-9-5-7-14(8-6-9,13(15)19)16-12(17)11-4-3-10(2)18-11/h3-4,9H,5-8H2,1-2H3,(H2,15,19)(H,16,17). The Morgan fingerprint density at radius 2 is 2.11 bits per heavy atom. The monoisotopic (exact) mass is 280 g/mol. The van der Waals surface area contributed by atoms with Crippen LogP contribution in [0, 0.1) is 12.8 Å². The van der Waals surface area contributed by atoms with E-state index in [4.69, 9.17) is 22.4 Å². The summed E-state index contributed by atoms with van der Waals surface area (Å²) in [5, 5.41) is 2.98. The molecule has 1 aliphatic rings. The highest BCUT2D eigenvalue weighted by molar-refractivity contribution is 7.80. The van der Waals surface area contributed by atoms with Crippen LogP contribution in [0.25, 0.3) is 0 Å². The lowest BCUT2D eigenvalue weighted by atomic mass is 9.77. The highest BCUT2D eigenvalue weighted by atomic mass is 32.1. The number of amides is 1. The zero-order chi connectivity index (χ0) is 14.0. The largest absolute Gasteiger partial charge is 0.456 e. The summed E-state index contributed by atoms with van der Waals surface area (Å²) < 4.78 is 5.34. The summed E-state index contributed by atoms with van der Waals surface area (Å²) in [6.07, 6.45) is 3.65. The summed E-state index contributed by atoms with van der Waals surface area (Å²) in [5.74, 6) is 1.44. The molecule has 1 amide bonds. The fraction of sp³-hybridized carbons (Fsp3) is 0.571. The lowest BCUT2D eigenvalue weighted by Crippen LogP contribution is -2.58. The van der Waals surface area contributed by atoms with Gasteiger partial charge >= 0.3 is 0 Å². The third-order valence-electron chi connectivity index (χ3n) is 3.92. The van der Waals surface area contributed by atoms with E-state index in [0.29, 0.717) is 22.4 Å². The van der Waals surface area contributed by atoms with Crippen molar-refractivity contribution in [2.24, 2.45) is 11.7 Å². The number of hydrogen-bond donors (Lipinski definition) is 2. The second-order valence-electron chi connectivity index (χ2n) is 5.49. The molecule has 1 aromatic heterocycles. The van der Waals surface area contributed by atoms with Crippen LogP contribution in [0.2, 0.25) is 0 Å². The van der Waals surface area contributed by atoms with E-state index >= 15 is 0 Å². The summed E-state index contributed by atoms with van der Waals surface area (Å²) >= 11 is 5.17. The van der Waals surface area contributed by atoms with Crippen LogP contribution in [0.1, 0.15) is 48.9 Å². The van der Waals surface area contributed by atoms with E-state index < -0.39 is 5.54 Å². The van der Waals surface area contributed by atoms with Crippen LogP contribution in [0.15, 0.2) is 16.5 Å². The van der Waals surface area contributed by atoms with Crippen molar-refractivity contribution < 1.29 is 9.21 Å². The van der Waals surface area contributed by atoms with Gasteiger partial charge in [0.15, 0.2) is 5.76 Å². The van der Waals surface area contributed by atoms with Gasteiger partial charge in [-0.1, -0.05) is 19.1 Å². The second kappa shape index (κ2) is 5.33. The number of hydrogen-bond acceptors (Lipinski definition) is 3. The average molecular weight is 280 g/mol. The van der Waals surface area contributed by atoms with E-state index in [-0.39, 0.29) is 5.91 Å². The van der Waals surface area contributed by atoms with Crippen molar-refractivity contribution in [1.82, 2.24) is 5.32 Å². The molecule has 0 aromatic carbocycles. The molecular weight excluding hydrogens is 260 g/mol. The van der Waals surface area contributed by atoms with Crippen LogP contribution in [0.4, 0.5) is 0 Å². The number of carbonyl (C=O) groups is 1. The van der Waals surface area contributed by atoms with Gasteiger partial charge in [0, 0.05) is 0 Å². The Balaban J connectivity index is 2.13. The molecule has 0 aliphatic heterocycles. The molecule has 0 unspecified atom stereocenters. The molecule has 0 spiro atoms. The van der Waals surface area contributed by atoms with E-state index in [9.17, 15) is 4.79 Å². The zero-order valence-corrected chi connectivity index (χ0v) is 12.2. The van der Waals surface area contributed by atoms with E-state index in [1.54, 1.807) is 12.1 Å². The summed E-state index contributed by atoms with van der Waals surface area (Å²) in [5.41, 5.74) is 5.31. The Morgan fingerprint density at radius 3 is 2.58 bits per heavy atom. The molecule has 1 aromatic rings. The summed E-state index contributed by atoms with van der Waals surface area (Å²) in [4.78, 5) is 12.6. The maximum atomic E-state index is 12.2. The average Bonchev–Trinajstić information content (AvgIpc) is 2.79. The normalized spacial score (nSPS) is 26.9. The second-order valence-corrected chi connectivity index (χ2v) is 5.93. The summed E-state index contributed by atoms with van der Waals surface area (Å²) in [6.45, 7) is 4.02. The van der Waals surface area contributed by atoms with Gasteiger partial charge in [0.1, 0.15) is 5.76 Å². The van der Waals surface area contributed by atoms with E-state index in [0.717, 1.165) is 25.7 Å². The van der Waals surface area contributed by atoms with Crippen molar-refractivity contribution >= 4 is 23.1 Å². The molecule has 2 rings (SSSR count). The van der Waals surface area contributed by atoms with Crippen molar-refractivity contribution in [3.63, 3.8) is 0 Å². The van der Waals surface area contributed by atoms with Crippen molar-refractivity contribution in [2.45, 2.75) is 45.1 Å². The Hall–Kier alpha value is -1.36. The highest BCUT2D eigenvalue weighted by Gasteiger charge is 2.38. The lowest BCUT2D eigenvalue weighted by molar-refractivity contribution is 0.0871. The van der Waals surface area contributed by atoms with Crippen LogP contribution in [-0.2, 0) is 0 Å². The molecule has 104 valence electrons. The summed E-state index contributed by atoms with van der Waals surface area (Å²) in [6, 6.07) is 3.44. The minimum Gasteiger partial charge on any atom is -0.456 e. The maximum absolute atomic E-state index is 12.2. The van der Waals surface area contributed by atoms with Crippen molar-refractivity contribution in [1.29, 1.82) is 0 Å². The quantitative estimate of drug-likeness (QED) is 0.835. The van der Waals surface area contributed by atoms with Gasteiger partial charge in [-0.3, -0.25) is 4.79 Å². The van der Waals surface area contributed by atoms with Gasteiger partial charge in [0.25, 0.3) is 5.91 Å². The SMILES string of the molecule is Cc1ccc(C(=O)NC2(C(N)=S)CCC(C)CC2)o1. The third-order valence-corrected chi connectivity index (χ3v) is 4.31. The van der Waals surface area contributed by atoms with Crippen molar-refractivity contribution in [3.8, 4) is 0 Å². The molecule has 1 saturated carbocycles. The smallest absolute Gasteiger partial charge is 0.287 e. The number of nitrogens with two attached hydrogens (primary N) is 1. The van der Waals surface area contributed by atoms with Crippen LogP contribution < -0.4 is 11.1 Å². The van der Waals surface area contributed by atoms with Crippen LogP contribution in [-0.4, -0.2) is 16.4 Å². The van der Waals surface area contributed by atoms with E-state index in [1.165, 1.54) is 0 Å². The van der Waals surface area contributed by atoms with Crippen molar-refractivity contribution in [3.05, 3.63) is 23.7 Å². The minimum absolute atomic E-state index is 0.240. The van der Waals surface area contributed by atoms with Gasteiger partial charge in [0.2, 0.25) is 0 Å². The molecule has 0 bridgehead atoms. The van der Waals surface area contributed by atoms with Gasteiger partial charge in [-0.15, -0.1) is 0 Å². The Kier molecular flexibility index (Phi) is 3.94. The Labute approximate surface area is 118 Å². The van der Waals surface area contributed by atoms with Crippen LogP contribution >= 0.6 is 12.2 Å². The predicted molar refractivity (Wildman–Crippen MR) is 78.1 cm³/mol. The topological polar surface area (TPSA) is 68.3 Å². The molecule has 0 atom stereocenters. The molecule has 1 aliphatic carbocycles. The van der Waals surface area contributed by atoms with Crippen LogP contribution in [0.3, 0.4) is 0 Å². The molecule has 19 heavy (non-hydrogen) atoms. The Morgan fingerprint density at radius 1 is 1.47 bits per heavy atom. The number of furan rings is 1. The van der Waals surface area contributed by atoms with Gasteiger partial charge in [0.05, 0.1) is 10.5 Å². The molecule has 1 fully saturated rings. The molecule has 0 radical (unpaired) electrons. The third kappa shape index (κ3) is 2.97. The first-order chi connectivity index (χ1) is 8.93. The molecular formula is C14H20N2O2S. The number of rotatable bonds is 3. The van der Waals surface area contributed by atoms with Gasteiger partial charge in [-0.25, -0.2) is 0 Å². The van der Waals surface area contributed by atoms with Gasteiger partial charge in [-0.05, 0) is 50.7 Å². The Bertz CT molecular complexity index is 487. The van der Waals surface area contributed by atoms with E-state index in [1.807, 2.05) is 6.92 Å². The zero-order valence-electron chi connectivity index (χ0n) is 11.4. The summed E-state index contributed by atoms with van der Waals surface area (Å²) in [7, 11) is 0. The van der Waals surface area contributed by atoms with Crippen LogP contribution in [0.5, 0.6) is 0 Å². The highest BCUT2D eigenvalue weighted by Crippen LogP contribution is 2.32. The van der Waals surface area contributed by atoms with Gasteiger partial charge < -0.3 is 15.5 Å². The first-order valence-electron chi connectivity index (χ1n) is 6.62.